The lowest BCUT2D eigenvalue weighted by molar-refractivity contribution is 0.207. The molecule has 2 unspecified atom stereocenters. The van der Waals surface area contributed by atoms with Gasteiger partial charge in [0.05, 0.1) is 0 Å². The predicted octanol–water partition coefficient (Wildman–Crippen LogP) is 1.89. The lowest BCUT2D eigenvalue weighted by atomic mass is 10.00. The highest BCUT2D eigenvalue weighted by atomic mass is 32.2. The van der Waals surface area contributed by atoms with E-state index in [1.807, 2.05) is 11.8 Å². The van der Waals surface area contributed by atoms with Gasteiger partial charge in [0.1, 0.15) is 0 Å². The van der Waals surface area contributed by atoms with Gasteiger partial charge in [-0.1, -0.05) is 30.3 Å². The highest BCUT2D eigenvalue weighted by Crippen LogP contribution is 2.20. The first-order valence-electron chi connectivity index (χ1n) is 7.09. The molecule has 0 aromatic heterocycles. The average molecular weight is 279 g/mol. The summed E-state index contributed by atoms with van der Waals surface area (Å²) in [5.74, 6) is 8.19. The zero-order valence-electron chi connectivity index (χ0n) is 11.7. The van der Waals surface area contributed by atoms with Crippen LogP contribution in [0.3, 0.4) is 0 Å². The van der Waals surface area contributed by atoms with Gasteiger partial charge in [0, 0.05) is 30.1 Å². The third kappa shape index (κ3) is 4.49. The molecule has 1 aromatic carbocycles. The number of hydrogen-bond acceptors (Lipinski definition) is 4. The minimum atomic E-state index is 0.404. The lowest BCUT2D eigenvalue weighted by Gasteiger charge is -2.37. The van der Waals surface area contributed by atoms with Crippen LogP contribution in [0.4, 0.5) is 0 Å². The minimum absolute atomic E-state index is 0.404. The summed E-state index contributed by atoms with van der Waals surface area (Å²) in [7, 11) is 2.21. The van der Waals surface area contributed by atoms with Gasteiger partial charge in [-0.3, -0.25) is 11.3 Å². The molecule has 3 N–H and O–H groups in total. The van der Waals surface area contributed by atoms with Gasteiger partial charge in [0.2, 0.25) is 0 Å². The van der Waals surface area contributed by atoms with Crippen molar-refractivity contribution in [1.29, 1.82) is 0 Å². The second-order valence-electron chi connectivity index (χ2n) is 5.27. The molecule has 0 spiro atoms. The van der Waals surface area contributed by atoms with E-state index in [9.17, 15) is 0 Å². The van der Waals surface area contributed by atoms with Gasteiger partial charge >= 0.3 is 0 Å². The maximum Gasteiger partial charge on any atom is 0.0374 e. The maximum atomic E-state index is 5.76. The number of nitrogens with two attached hydrogens (primary N) is 1. The molecule has 1 aliphatic rings. The molecule has 2 atom stereocenters. The fourth-order valence-corrected chi connectivity index (χ4v) is 4.00. The number of hydrazine groups is 1. The van der Waals surface area contributed by atoms with Crippen molar-refractivity contribution in [2.45, 2.75) is 31.3 Å². The fourth-order valence-electron chi connectivity index (χ4n) is 2.69. The van der Waals surface area contributed by atoms with Crippen molar-refractivity contribution in [2.75, 3.05) is 25.1 Å². The Bertz CT molecular complexity index is 358. The Kier molecular flexibility index (Phi) is 6.17. The zero-order chi connectivity index (χ0) is 13.5. The molecular formula is C15H25N3S. The molecule has 3 nitrogen and oxygen atoms in total. The monoisotopic (exact) mass is 279 g/mol. The fraction of sp³-hybridized carbons (Fsp3) is 0.600. The van der Waals surface area contributed by atoms with Crippen LogP contribution in [0.25, 0.3) is 0 Å². The molecule has 106 valence electrons. The molecule has 4 heteroatoms. The van der Waals surface area contributed by atoms with E-state index in [0.717, 1.165) is 12.8 Å². The van der Waals surface area contributed by atoms with Crippen LogP contribution in [0.5, 0.6) is 0 Å². The molecular weight excluding hydrogens is 254 g/mol. The van der Waals surface area contributed by atoms with Crippen molar-refractivity contribution in [3.05, 3.63) is 35.9 Å². The number of nitrogens with one attached hydrogen (secondary N) is 1. The Hall–Kier alpha value is -0.550. The third-order valence-corrected chi connectivity index (χ3v) is 4.99. The van der Waals surface area contributed by atoms with E-state index >= 15 is 0 Å². The SMILES string of the molecule is CN1CCSCC1C(CCCc1ccccc1)NN. The molecule has 0 aliphatic carbocycles. The van der Waals surface area contributed by atoms with Crippen molar-refractivity contribution in [1.82, 2.24) is 10.3 Å². The van der Waals surface area contributed by atoms with Crippen molar-refractivity contribution >= 4 is 11.8 Å². The van der Waals surface area contributed by atoms with E-state index in [4.69, 9.17) is 5.84 Å². The minimum Gasteiger partial charge on any atom is -0.300 e. The standard InChI is InChI=1S/C15H25N3S/c1-18-10-11-19-12-15(18)14(17-16)9-5-8-13-6-3-2-4-7-13/h2-4,6-7,14-15,17H,5,8-12,16H2,1H3. The first kappa shape index (κ1) is 14.9. The van der Waals surface area contributed by atoms with Gasteiger partial charge in [-0.15, -0.1) is 0 Å². The third-order valence-electron chi connectivity index (χ3n) is 3.95. The number of benzene rings is 1. The van der Waals surface area contributed by atoms with Crippen LogP contribution >= 0.6 is 11.8 Å². The quantitative estimate of drug-likeness (QED) is 0.616. The number of nitrogens with zero attached hydrogens (tertiary/aromatic N) is 1. The zero-order valence-corrected chi connectivity index (χ0v) is 12.5. The van der Waals surface area contributed by atoms with Gasteiger partial charge in [0.15, 0.2) is 0 Å². The summed E-state index contributed by atoms with van der Waals surface area (Å²) in [6.07, 6.45) is 3.47. The molecule has 2 rings (SSSR count). The molecule has 19 heavy (non-hydrogen) atoms. The number of rotatable bonds is 6. The Morgan fingerprint density at radius 2 is 2.21 bits per heavy atom. The number of aryl methyl sites for hydroxylation is 1. The summed E-state index contributed by atoms with van der Waals surface area (Å²) in [5.41, 5.74) is 4.45. The summed E-state index contributed by atoms with van der Waals surface area (Å²) in [4.78, 5) is 2.45. The number of likely N-dealkylation sites (N-methyl/N-ethyl adjacent to an activating group) is 1. The summed E-state index contributed by atoms with van der Waals surface area (Å²) >= 11 is 2.04. The normalized spacial score (nSPS) is 22.3. The Balaban J connectivity index is 1.79. The second-order valence-corrected chi connectivity index (χ2v) is 6.42. The number of hydrogen-bond donors (Lipinski definition) is 2. The van der Waals surface area contributed by atoms with Crippen LogP contribution in [0.2, 0.25) is 0 Å². The van der Waals surface area contributed by atoms with E-state index in [1.165, 1.54) is 30.0 Å². The van der Waals surface area contributed by atoms with E-state index in [0.29, 0.717) is 12.1 Å². The molecule has 1 aliphatic heterocycles. The van der Waals surface area contributed by atoms with Crippen LogP contribution in [-0.4, -0.2) is 42.1 Å². The van der Waals surface area contributed by atoms with Crippen LogP contribution < -0.4 is 11.3 Å². The summed E-state index contributed by atoms with van der Waals surface area (Å²) in [6, 6.07) is 11.7. The van der Waals surface area contributed by atoms with Gasteiger partial charge in [-0.2, -0.15) is 11.8 Å². The molecule has 1 aromatic rings. The smallest absolute Gasteiger partial charge is 0.0374 e. The Morgan fingerprint density at radius 1 is 1.42 bits per heavy atom. The van der Waals surface area contributed by atoms with Crippen molar-refractivity contribution in [3.8, 4) is 0 Å². The summed E-state index contributed by atoms with van der Waals surface area (Å²) < 4.78 is 0. The van der Waals surface area contributed by atoms with Gasteiger partial charge in [-0.25, -0.2) is 0 Å². The van der Waals surface area contributed by atoms with Gasteiger partial charge < -0.3 is 4.90 Å². The van der Waals surface area contributed by atoms with Gasteiger partial charge in [-0.05, 0) is 31.9 Å². The largest absolute Gasteiger partial charge is 0.300 e. The highest BCUT2D eigenvalue weighted by molar-refractivity contribution is 7.99. The van der Waals surface area contributed by atoms with E-state index in [-0.39, 0.29) is 0 Å². The average Bonchev–Trinajstić information content (AvgIpc) is 2.46. The van der Waals surface area contributed by atoms with Gasteiger partial charge in [0.25, 0.3) is 0 Å². The molecule has 0 bridgehead atoms. The Morgan fingerprint density at radius 3 is 2.89 bits per heavy atom. The van der Waals surface area contributed by atoms with Crippen LogP contribution in [0.1, 0.15) is 18.4 Å². The van der Waals surface area contributed by atoms with Crippen LogP contribution in [0, 0.1) is 0 Å². The summed E-state index contributed by atoms with van der Waals surface area (Å²) in [6.45, 7) is 1.17. The molecule has 1 fully saturated rings. The van der Waals surface area contributed by atoms with Crippen LogP contribution in [0.15, 0.2) is 30.3 Å². The maximum absolute atomic E-state index is 5.76. The number of thioether (sulfide) groups is 1. The van der Waals surface area contributed by atoms with E-state index < -0.39 is 0 Å². The summed E-state index contributed by atoms with van der Waals surface area (Å²) in [5, 5.41) is 0. The molecule has 0 saturated carbocycles. The molecule has 0 radical (unpaired) electrons. The van der Waals surface area contributed by atoms with E-state index in [2.05, 4.69) is 47.7 Å². The van der Waals surface area contributed by atoms with Crippen molar-refractivity contribution in [3.63, 3.8) is 0 Å². The lowest BCUT2D eigenvalue weighted by Crippen LogP contribution is -2.54. The highest BCUT2D eigenvalue weighted by Gasteiger charge is 2.26. The Labute approximate surface area is 120 Å². The van der Waals surface area contributed by atoms with Crippen LogP contribution in [-0.2, 0) is 6.42 Å². The van der Waals surface area contributed by atoms with Crippen molar-refractivity contribution < 1.29 is 0 Å². The first-order chi connectivity index (χ1) is 9.31. The molecule has 1 saturated heterocycles. The molecule has 0 amide bonds. The second kappa shape index (κ2) is 7.90. The first-order valence-corrected chi connectivity index (χ1v) is 8.25. The predicted molar refractivity (Wildman–Crippen MR) is 84.2 cm³/mol. The van der Waals surface area contributed by atoms with E-state index in [1.54, 1.807) is 0 Å². The molecule has 1 heterocycles. The van der Waals surface area contributed by atoms with Crippen molar-refractivity contribution in [2.24, 2.45) is 5.84 Å². The topological polar surface area (TPSA) is 41.3 Å².